The number of carbonyl (C=O) groups excluding carboxylic acids is 2. The highest BCUT2D eigenvalue weighted by Gasteiger charge is 2.43. The summed E-state index contributed by atoms with van der Waals surface area (Å²) in [6.07, 6.45) is 5.15. The highest BCUT2D eigenvalue weighted by molar-refractivity contribution is 5.97. The Kier molecular flexibility index (Phi) is 5.57. The molecule has 2 aliphatic rings. The maximum absolute atomic E-state index is 12.7. The fourth-order valence-corrected chi connectivity index (χ4v) is 5.16. The molecule has 3 N–H and O–H groups in total. The Bertz CT molecular complexity index is 1370. The maximum Gasteiger partial charge on any atom is 0.228 e. The number of nitrogens with one attached hydrogen (secondary N) is 3. The van der Waals surface area contributed by atoms with Gasteiger partial charge in [0.15, 0.2) is 0 Å². The smallest absolute Gasteiger partial charge is 0.228 e. The van der Waals surface area contributed by atoms with E-state index in [2.05, 4.69) is 27.8 Å². The first-order valence-electron chi connectivity index (χ1n) is 12.4. The van der Waals surface area contributed by atoms with Crippen LogP contribution in [-0.4, -0.2) is 21.8 Å². The Balaban J connectivity index is 1.12. The number of amides is 2. The second-order valence-corrected chi connectivity index (χ2v) is 9.71. The number of hydrogen-bond donors (Lipinski definition) is 3. The standard InChI is InChI=1S/C29H28N4O2/c34-28(20-8-4-5-9-20)30-21-12-10-19(11-13-21)27-32-25-15-14-22(16-26(25)33-27)31-29(35)24-17-23(24)18-6-2-1-3-7-18/h1-3,6-7,10-16,20,23-24H,4-5,8-9,17H2,(H,30,34)(H,31,35)(H,32,33). The summed E-state index contributed by atoms with van der Waals surface area (Å²) in [5, 5.41) is 6.10. The zero-order valence-electron chi connectivity index (χ0n) is 19.5. The lowest BCUT2D eigenvalue weighted by Gasteiger charge is -2.10. The van der Waals surface area contributed by atoms with Gasteiger partial charge < -0.3 is 15.6 Å². The number of nitrogens with zero attached hydrogens (tertiary/aromatic N) is 1. The minimum Gasteiger partial charge on any atom is -0.338 e. The molecule has 1 heterocycles. The summed E-state index contributed by atoms with van der Waals surface area (Å²) in [7, 11) is 0. The summed E-state index contributed by atoms with van der Waals surface area (Å²) < 4.78 is 0. The van der Waals surface area contributed by atoms with E-state index in [9.17, 15) is 9.59 Å². The lowest BCUT2D eigenvalue weighted by molar-refractivity contribution is -0.119. The van der Waals surface area contributed by atoms with Crippen molar-refractivity contribution < 1.29 is 9.59 Å². The number of rotatable bonds is 6. The van der Waals surface area contributed by atoms with Crippen molar-refractivity contribution >= 4 is 34.2 Å². The number of imidazole rings is 1. The van der Waals surface area contributed by atoms with Gasteiger partial charge in [-0.25, -0.2) is 4.98 Å². The molecule has 4 aromatic rings. The number of hydrogen-bond acceptors (Lipinski definition) is 3. The average molecular weight is 465 g/mol. The van der Waals surface area contributed by atoms with Crippen LogP contribution in [0.15, 0.2) is 72.8 Å². The van der Waals surface area contributed by atoms with Crippen molar-refractivity contribution in [2.45, 2.75) is 38.0 Å². The van der Waals surface area contributed by atoms with Crippen LogP contribution in [0.3, 0.4) is 0 Å². The van der Waals surface area contributed by atoms with Crippen molar-refractivity contribution in [1.29, 1.82) is 0 Å². The van der Waals surface area contributed by atoms with Crippen LogP contribution in [0.1, 0.15) is 43.6 Å². The number of anilines is 2. The van der Waals surface area contributed by atoms with E-state index in [0.29, 0.717) is 5.92 Å². The Hall–Kier alpha value is -3.93. The molecule has 3 aromatic carbocycles. The fourth-order valence-electron chi connectivity index (χ4n) is 5.16. The fraction of sp³-hybridized carbons (Fsp3) is 0.276. The highest BCUT2D eigenvalue weighted by atomic mass is 16.2. The van der Waals surface area contributed by atoms with E-state index >= 15 is 0 Å². The molecule has 2 atom stereocenters. The second kappa shape index (κ2) is 9.02. The zero-order chi connectivity index (χ0) is 23.8. The third-order valence-corrected chi connectivity index (χ3v) is 7.26. The van der Waals surface area contributed by atoms with Gasteiger partial charge in [-0.1, -0.05) is 43.2 Å². The lowest BCUT2D eigenvalue weighted by Crippen LogP contribution is -2.20. The van der Waals surface area contributed by atoms with Gasteiger partial charge in [0.1, 0.15) is 5.82 Å². The van der Waals surface area contributed by atoms with Gasteiger partial charge in [-0.05, 0) is 73.2 Å². The quantitative estimate of drug-likeness (QED) is 0.322. The first-order chi connectivity index (χ1) is 17.1. The molecule has 0 aliphatic heterocycles. The van der Waals surface area contributed by atoms with E-state index in [1.165, 1.54) is 5.56 Å². The van der Waals surface area contributed by atoms with Gasteiger partial charge in [-0.15, -0.1) is 0 Å². The predicted octanol–water partition coefficient (Wildman–Crippen LogP) is 6.10. The van der Waals surface area contributed by atoms with Crippen LogP contribution in [-0.2, 0) is 9.59 Å². The molecule has 0 saturated heterocycles. The van der Waals surface area contributed by atoms with Gasteiger partial charge >= 0.3 is 0 Å². The summed E-state index contributed by atoms with van der Waals surface area (Å²) in [4.78, 5) is 33.2. The number of aromatic nitrogens is 2. The van der Waals surface area contributed by atoms with Gasteiger partial charge in [0, 0.05) is 28.8 Å². The van der Waals surface area contributed by atoms with Crippen molar-refractivity contribution in [2.24, 2.45) is 11.8 Å². The highest BCUT2D eigenvalue weighted by Crippen LogP contribution is 2.47. The molecule has 6 nitrogen and oxygen atoms in total. The molecule has 0 spiro atoms. The Morgan fingerprint density at radius 1 is 0.829 bits per heavy atom. The van der Waals surface area contributed by atoms with Gasteiger partial charge in [0.05, 0.1) is 11.0 Å². The van der Waals surface area contributed by atoms with Crippen LogP contribution < -0.4 is 10.6 Å². The minimum atomic E-state index is 0.0260. The van der Waals surface area contributed by atoms with Crippen molar-refractivity contribution in [1.82, 2.24) is 9.97 Å². The predicted molar refractivity (Wildman–Crippen MR) is 138 cm³/mol. The molecular formula is C29H28N4O2. The van der Waals surface area contributed by atoms with Crippen molar-refractivity contribution in [3.05, 3.63) is 78.4 Å². The lowest BCUT2D eigenvalue weighted by atomic mass is 10.1. The molecule has 2 fully saturated rings. The van der Waals surface area contributed by atoms with E-state index in [0.717, 1.165) is 65.9 Å². The van der Waals surface area contributed by atoms with Gasteiger partial charge in [0.2, 0.25) is 11.8 Å². The first-order valence-corrected chi connectivity index (χ1v) is 12.4. The SMILES string of the molecule is O=C(Nc1ccc(-c2nc3ccc(NC(=O)C4CC4c4ccccc4)cc3[nH]2)cc1)C1CCCC1. The number of H-pyrrole nitrogens is 1. The molecule has 2 saturated carbocycles. The molecule has 0 radical (unpaired) electrons. The molecule has 2 amide bonds. The Labute approximate surface area is 204 Å². The van der Waals surface area contributed by atoms with E-state index in [1.807, 2.05) is 60.7 Å². The van der Waals surface area contributed by atoms with E-state index in [1.54, 1.807) is 0 Å². The molecule has 2 unspecified atom stereocenters. The third-order valence-electron chi connectivity index (χ3n) is 7.26. The molecule has 6 rings (SSSR count). The van der Waals surface area contributed by atoms with Gasteiger partial charge in [0.25, 0.3) is 0 Å². The van der Waals surface area contributed by atoms with Gasteiger partial charge in [-0.2, -0.15) is 0 Å². The third kappa shape index (κ3) is 4.56. The summed E-state index contributed by atoms with van der Waals surface area (Å²) in [6, 6.07) is 23.7. The van der Waals surface area contributed by atoms with Crippen LogP contribution in [0.4, 0.5) is 11.4 Å². The summed E-state index contributed by atoms with van der Waals surface area (Å²) in [5.41, 5.74) is 5.44. The summed E-state index contributed by atoms with van der Waals surface area (Å²) in [6.45, 7) is 0. The number of carbonyl (C=O) groups is 2. The first kappa shape index (κ1) is 21.6. The largest absolute Gasteiger partial charge is 0.338 e. The van der Waals surface area contributed by atoms with Crippen molar-refractivity contribution in [2.75, 3.05) is 10.6 Å². The molecule has 176 valence electrons. The summed E-state index contributed by atoms with van der Waals surface area (Å²) >= 11 is 0. The molecule has 1 aromatic heterocycles. The van der Waals surface area contributed by atoms with Crippen LogP contribution in [0, 0.1) is 11.8 Å². The monoisotopic (exact) mass is 464 g/mol. The molecule has 2 aliphatic carbocycles. The zero-order valence-corrected chi connectivity index (χ0v) is 19.5. The Morgan fingerprint density at radius 2 is 1.54 bits per heavy atom. The van der Waals surface area contributed by atoms with Gasteiger partial charge in [-0.3, -0.25) is 9.59 Å². The average Bonchev–Trinajstić information content (AvgIpc) is 3.28. The number of aromatic amines is 1. The molecule has 0 bridgehead atoms. The van der Waals surface area contributed by atoms with Crippen molar-refractivity contribution in [3.8, 4) is 11.4 Å². The summed E-state index contributed by atoms with van der Waals surface area (Å²) in [5.74, 6) is 1.41. The second-order valence-electron chi connectivity index (χ2n) is 9.71. The van der Waals surface area contributed by atoms with E-state index in [4.69, 9.17) is 4.98 Å². The van der Waals surface area contributed by atoms with Crippen LogP contribution >= 0.6 is 0 Å². The molecule has 6 heteroatoms. The normalized spacial score (nSPS) is 19.5. The number of fused-ring (bicyclic) bond motifs is 1. The Morgan fingerprint density at radius 3 is 2.31 bits per heavy atom. The molecular weight excluding hydrogens is 436 g/mol. The van der Waals surface area contributed by atoms with E-state index < -0.39 is 0 Å². The van der Waals surface area contributed by atoms with Crippen LogP contribution in [0.25, 0.3) is 22.4 Å². The number of benzene rings is 3. The maximum atomic E-state index is 12.7. The van der Waals surface area contributed by atoms with Crippen LogP contribution in [0.2, 0.25) is 0 Å². The topological polar surface area (TPSA) is 86.9 Å². The van der Waals surface area contributed by atoms with E-state index in [-0.39, 0.29) is 23.7 Å². The molecule has 35 heavy (non-hydrogen) atoms. The minimum absolute atomic E-state index is 0.0260. The van der Waals surface area contributed by atoms with Crippen molar-refractivity contribution in [3.63, 3.8) is 0 Å². The van der Waals surface area contributed by atoms with Crippen LogP contribution in [0.5, 0.6) is 0 Å².